The minimum absolute atomic E-state index is 0.180. The molecule has 0 aliphatic carbocycles. The Bertz CT molecular complexity index is 181. The van der Waals surface area contributed by atoms with E-state index in [4.69, 9.17) is 0 Å². The van der Waals surface area contributed by atoms with Crippen LogP contribution in [0.1, 0.15) is 20.3 Å². The zero-order valence-corrected chi connectivity index (χ0v) is 10.7. The third-order valence-corrected chi connectivity index (χ3v) is 2.54. The van der Waals surface area contributed by atoms with Gasteiger partial charge in [0.05, 0.1) is 0 Å². The Balaban J connectivity index is 3.36. The lowest BCUT2D eigenvalue weighted by molar-refractivity contribution is -0.128. The quantitative estimate of drug-likeness (QED) is 0.624. The number of carbonyl (C=O) groups is 1. The number of nitrogens with one attached hydrogen (secondary N) is 1. The fourth-order valence-corrected chi connectivity index (χ4v) is 1.06. The Hall–Kier alpha value is -0.610. The van der Waals surface area contributed by atoms with Crippen molar-refractivity contribution >= 4 is 5.91 Å². The molecule has 0 aliphatic heterocycles. The highest BCUT2D eigenvalue weighted by atomic mass is 16.2. The van der Waals surface area contributed by atoms with E-state index in [0.717, 1.165) is 19.6 Å². The predicted octanol–water partition coefficient (Wildman–Crippen LogP) is 0.395. The molecule has 0 bridgehead atoms. The number of hydrogen-bond acceptors (Lipinski definition) is 3. The van der Waals surface area contributed by atoms with Gasteiger partial charge in [-0.15, -0.1) is 0 Å². The van der Waals surface area contributed by atoms with Crippen molar-refractivity contribution in [2.75, 3.05) is 40.8 Å². The molecule has 1 N–H and O–H groups in total. The first kappa shape index (κ1) is 14.4. The summed E-state index contributed by atoms with van der Waals surface area (Å²) in [5.74, 6) is 0.180. The van der Waals surface area contributed by atoms with Gasteiger partial charge in [0, 0.05) is 46.2 Å². The summed E-state index contributed by atoms with van der Waals surface area (Å²) in [4.78, 5) is 15.1. The van der Waals surface area contributed by atoms with Crippen molar-refractivity contribution < 1.29 is 4.79 Å². The van der Waals surface area contributed by atoms with E-state index in [1.165, 1.54) is 0 Å². The minimum Gasteiger partial charge on any atom is -0.349 e. The molecule has 0 atom stereocenters. The Labute approximate surface area is 93.6 Å². The molecular weight excluding hydrogens is 190 g/mol. The van der Waals surface area contributed by atoms with Gasteiger partial charge in [0.25, 0.3) is 0 Å². The summed E-state index contributed by atoms with van der Waals surface area (Å²) in [6, 6.07) is 0.579. The van der Waals surface area contributed by atoms with Gasteiger partial charge in [-0.05, 0) is 20.9 Å². The molecule has 0 spiro atoms. The number of likely N-dealkylation sites (N-methyl/N-ethyl adjacent to an activating group) is 1. The van der Waals surface area contributed by atoms with Gasteiger partial charge < -0.3 is 15.1 Å². The van der Waals surface area contributed by atoms with Gasteiger partial charge in [-0.1, -0.05) is 0 Å². The summed E-state index contributed by atoms with van der Waals surface area (Å²) in [6.45, 7) is 7.08. The van der Waals surface area contributed by atoms with Crippen LogP contribution in [0.5, 0.6) is 0 Å². The Morgan fingerprint density at radius 3 is 2.27 bits per heavy atom. The molecule has 0 saturated heterocycles. The van der Waals surface area contributed by atoms with Crippen molar-refractivity contribution in [2.24, 2.45) is 0 Å². The topological polar surface area (TPSA) is 35.6 Å². The maximum absolute atomic E-state index is 11.2. The van der Waals surface area contributed by atoms with Crippen LogP contribution in [-0.4, -0.2) is 62.5 Å². The van der Waals surface area contributed by atoms with Crippen molar-refractivity contribution in [2.45, 2.75) is 26.3 Å². The number of carbonyl (C=O) groups excluding carboxylic acids is 1. The van der Waals surface area contributed by atoms with Crippen molar-refractivity contribution in [3.8, 4) is 0 Å². The molecule has 0 unspecified atom stereocenters. The summed E-state index contributed by atoms with van der Waals surface area (Å²) in [5, 5.41) is 3.27. The van der Waals surface area contributed by atoms with E-state index in [2.05, 4.69) is 31.1 Å². The highest BCUT2D eigenvalue weighted by Gasteiger charge is 2.04. The number of amides is 1. The standard InChI is InChI=1S/C11H25N3O/c1-10(2)14(5)9-8-12-7-6-11(15)13(3)4/h10,12H,6-9H2,1-5H3. The zero-order chi connectivity index (χ0) is 11.8. The highest BCUT2D eigenvalue weighted by Crippen LogP contribution is 1.91. The summed E-state index contributed by atoms with van der Waals surface area (Å²) < 4.78 is 0. The van der Waals surface area contributed by atoms with Gasteiger partial charge in [-0.25, -0.2) is 0 Å². The summed E-state index contributed by atoms with van der Waals surface area (Å²) in [7, 11) is 5.68. The first-order chi connectivity index (χ1) is 6.95. The molecule has 4 nitrogen and oxygen atoms in total. The first-order valence-corrected chi connectivity index (χ1v) is 5.56. The monoisotopic (exact) mass is 215 g/mol. The Kier molecular flexibility index (Phi) is 7.34. The van der Waals surface area contributed by atoms with Crippen molar-refractivity contribution in [1.82, 2.24) is 15.1 Å². The third-order valence-electron chi connectivity index (χ3n) is 2.54. The maximum Gasteiger partial charge on any atom is 0.223 e. The van der Waals surface area contributed by atoms with Crippen LogP contribution in [0.3, 0.4) is 0 Å². The number of rotatable bonds is 7. The SMILES string of the molecule is CC(C)N(C)CCNCCC(=O)N(C)C. The van der Waals surface area contributed by atoms with Crippen LogP contribution in [0.25, 0.3) is 0 Å². The van der Waals surface area contributed by atoms with Crippen LogP contribution in [0.4, 0.5) is 0 Å². The van der Waals surface area contributed by atoms with Crippen LogP contribution in [-0.2, 0) is 4.79 Å². The molecule has 0 aliphatic rings. The predicted molar refractivity (Wildman–Crippen MR) is 63.9 cm³/mol. The molecule has 1 amide bonds. The van der Waals surface area contributed by atoms with Crippen LogP contribution in [0.2, 0.25) is 0 Å². The van der Waals surface area contributed by atoms with Gasteiger partial charge in [-0.3, -0.25) is 4.79 Å². The van der Waals surface area contributed by atoms with Crippen molar-refractivity contribution in [3.05, 3.63) is 0 Å². The molecule has 0 aromatic heterocycles. The van der Waals surface area contributed by atoms with Crippen LogP contribution < -0.4 is 5.32 Å². The first-order valence-electron chi connectivity index (χ1n) is 5.56. The Morgan fingerprint density at radius 1 is 1.20 bits per heavy atom. The molecule has 0 rings (SSSR count). The average Bonchev–Trinajstić information content (AvgIpc) is 2.16. The van der Waals surface area contributed by atoms with E-state index in [-0.39, 0.29) is 5.91 Å². The van der Waals surface area contributed by atoms with E-state index < -0.39 is 0 Å². The molecule has 0 fully saturated rings. The second-order valence-electron chi connectivity index (χ2n) is 4.36. The highest BCUT2D eigenvalue weighted by molar-refractivity contribution is 5.75. The lowest BCUT2D eigenvalue weighted by Gasteiger charge is -2.21. The van der Waals surface area contributed by atoms with E-state index in [9.17, 15) is 4.79 Å². The maximum atomic E-state index is 11.2. The molecule has 0 aromatic rings. The average molecular weight is 215 g/mol. The largest absolute Gasteiger partial charge is 0.349 e. The fraction of sp³-hybridized carbons (Fsp3) is 0.909. The third kappa shape index (κ3) is 7.33. The lowest BCUT2D eigenvalue weighted by Crippen LogP contribution is -2.35. The molecule has 4 heteroatoms. The van der Waals surface area contributed by atoms with Gasteiger partial charge in [0.15, 0.2) is 0 Å². The van der Waals surface area contributed by atoms with E-state index in [1.54, 1.807) is 19.0 Å². The van der Waals surface area contributed by atoms with Crippen molar-refractivity contribution in [1.29, 1.82) is 0 Å². The minimum atomic E-state index is 0.180. The second kappa shape index (κ2) is 7.65. The van der Waals surface area contributed by atoms with E-state index in [1.807, 2.05) is 0 Å². The summed E-state index contributed by atoms with van der Waals surface area (Å²) >= 11 is 0. The fourth-order valence-electron chi connectivity index (χ4n) is 1.06. The zero-order valence-electron chi connectivity index (χ0n) is 10.7. The number of nitrogens with zero attached hydrogens (tertiary/aromatic N) is 2. The van der Waals surface area contributed by atoms with E-state index >= 15 is 0 Å². The normalized spacial score (nSPS) is 11.1. The summed E-state index contributed by atoms with van der Waals surface area (Å²) in [6.07, 6.45) is 0.582. The van der Waals surface area contributed by atoms with Gasteiger partial charge in [0.1, 0.15) is 0 Å². The molecular formula is C11H25N3O. The number of hydrogen-bond donors (Lipinski definition) is 1. The lowest BCUT2D eigenvalue weighted by atomic mass is 10.3. The molecule has 0 aromatic carbocycles. The molecule has 15 heavy (non-hydrogen) atoms. The second-order valence-corrected chi connectivity index (χ2v) is 4.36. The van der Waals surface area contributed by atoms with Gasteiger partial charge >= 0.3 is 0 Å². The van der Waals surface area contributed by atoms with Crippen LogP contribution in [0, 0.1) is 0 Å². The molecule has 0 radical (unpaired) electrons. The van der Waals surface area contributed by atoms with Crippen LogP contribution >= 0.6 is 0 Å². The smallest absolute Gasteiger partial charge is 0.223 e. The van der Waals surface area contributed by atoms with Crippen LogP contribution in [0.15, 0.2) is 0 Å². The summed E-state index contributed by atoms with van der Waals surface area (Å²) in [5.41, 5.74) is 0. The molecule has 0 saturated carbocycles. The molecule has 90 valence electrons. The Morgan fingerprint density at radius 2 is 1.80 bits per heavy atom. The van der Waals surface area contributed by atoms with E-state index in [0.29, 0.717) is 12.5 Å². The van der Waals surface area contributed by atoms with Crippen molar-refractivity contribution in [3.63, 3.8) is 0 Å². The molecule has 0 heterocycles. The van der Waals surface area contributed by atoms with Gasteiger partial charge in [-0.2, -0.15) is 0 Å². The van der Waals surface area contributed by atoms with Gasteiger partial charge in [0.2, 0.25) is 5.91 Å².